The molecule has 0 unspecified atom stereocenters. The van der Waals surface area contributed by atoms with Gasteiger partial charge in [-0.1, -0.05) is 39.7 Å². The Kier molecular flexibility index (Phi) is 6.72. The molecular weight excluding hydrogens is 557 g/mol. The molecule has 0 aromatic heterocycles. The van der Waals surface area contributed by atoms with Crippen LogP contribution in [-0.4, -0.2) is 11.7 Å². The van der Waals surface area contributed by atoms with Gasteiger partial charge in [-0.05, 0) is 70.0 Å². The SMILES string of the molecule is O=C1CS[C@@H](c2cc(Br)cc(Br)c2OCc2ccc(F)cc2)N1c1ccc(Cl)cc1. The predicted octanol–water partition coefficient (Wildman–Crippen LogP) is 7.36. The van der Waals surface area contributed by atoms with Gasteiger partial charge in [0.2, 0.25) is 5.91 Å². The van der Waals surface area contributed by atoms with Crippen molar-refractivity contribution in [2.24, 2.45) is 0 Å². The number of nitrogens with zero attached hydrogens (tertiary/aromatic N) is 1. The van der Waals surface area contributed by atoms with Crippen molar-refractivity contribution >= 4 is 66.8 Å². The molecule has 8 heteroatoms. The van der Waals surface area contributed by atoms with Crippen LogP contribution in [0.1, 0.15) is 16.5 Å². The van der Waals surface area contributed by atoms with Crippen molar-refractivity contribution in [3.8, 4) is 5.75 Å². The molecule has 3 aromatic rings. The lowest BCUT2D eigenvalue weighted by molar-refractivity contribution is -0.115. The summed E-state index contributed by atoms with van der Waals surface area (Å²) in [7, 11) is 0. The highest BCUT2D eigenvalue weighted by Crippen LogP contribution is 2.48. The lowest BCUT2D eigenvalue weighted by Gasteiger charge is -2.26. The molecule has 3 nitrogen and oxygen atoms in total. The minimum absolute atomic E-state index is 0.0212. The van der Waals surface area contributed by atoms with E-state index >= 15 is 0 Å². The molecule has 0 radical (unpaired) electrons. The number of amides is 1. The maximum Gasteiger partial charge on any atom is 0.238 e. The number of rotatable bonds is 5. The summed E-state index contributed by atoms with van der Waals surface area (Å²) < 4.78 is 21.0. The summed E-state index contributed by atoms with van der Waals surface area (Å²) in [5, 5.41) is 0.360. The van der Waals surface area contributed by atoms with Gasteiger partial charge in [-0.3, -0.25) is 9.69 Å². The number of hydrogen-bond donors (Lipinski definition) is 0. The number of halogens is 4. The van der Waals surface area contributed by atoms with Gasteiger partial charge in [-0.15, -0.1) is 11.8 Å². The fourth-order valence-electron chi connectivity index (χ4n) is 3.19. The average Bonchev–Trinajstić information content (AvgIpc) is 3.10. The van der Waals surface area contributed by atoms with Gasteiger partial charge in [0.1, 0.15) is 23.5 Å². The summed E-state index contributed by atoms with van der Waals surface area (Å²) in [5.74, 6) is 0.750. The molecule has 0 aliphatic carbocycles. The van der Waals surface area contributed by atoms with Crippen LogP contribution in [0.3, 0.4) is 0 Å². The van der Waals surface area contributed by atoms with E-state index in [1.54, 1.807) is 29.2 Å². The van der Waals surface area contributed by atoms with Crippen molar-refractivity contribution in [2.45, 2.75) is 12.0 Å². The Labute approximate surface area is 199 Å². The van der Waals surface area contributed by atoms with E-state index in [2.05, 4.69) is 31.9 Å². The van der Waals surface area contributed by atoms with Crippen molar-refractivity contribution in [1.82, 2.24) is 0 Å². The van der Waals surface area contributed by atoms with Gasteiger partial charge in [0.25, 0.3) is 0 Å². The predicted molar refractivity (Wildman–Crippen MR) is 127 cm³/mol. The lowest BCUT2D eigenvalue weighted by atomic mass is 10.1. The van der Waals surface area contributed by atoms with E-state index in [0.717, 1.165) is 25.8 Å². The molecule has 30 heavy (non-hydrogen) atoms. The van der Waals surface area contributed by atoms with Gasteiger partial charge in [-0.25, -0.2) is 4.39 Å². The Morgan fingerprint density at radius 2 is 1.80 bits per heavy atom. The number of thioether (sulfide) groups is 1. The molecule has 1 heterocycles. The molecule has 1 aliphatic rings. The van der Waals surface area contributed by atoms with Crippen molar-refractivity contribution < 1.29 is 13.9 Å². The first-order valence-electron chi connectivity index (χ1n) is 8.98. The summed E-state index contributed by atoms with van der Waals surface area (Å²) in [6.07, 6.45) is 0. The maximum atomic E-state index is 13.2. The molecule has 1 aliphatic heterocycles. The topological polar surface area (TPSA) is 29.5 Å². The summed E-state index contributed by atoms with van der Waals surface area (Å²) in [5.41, 5.74) is 2.49. The first kappa shape index (κ1) is 21.7. The Hall–Kier alpha value is -1.54. The molecule has 3 aromatic carbocycles. The van der Waals surface area contributed by atoms with Crippen LogP contribution >= 0.6 is 55.2 Å². The number of carbonyl (C=O) groups is 1. The zero-order valence-electron chi connectivity index (χ0n) is 15.4. The largest absolute Gasteiger partial charge is 0.487 e. The van der Waals surface area contributed by atoms with E-state index in [4.69, 9.17) is 16.3 Å². The van der Waals surface area contributed by atoms with E-state index in [0.29, 0.717) is 16.5 Å². The first-order valence-corrected chi connectivity index (χ1v) is 12.0. The van der Waals surface area contributed by atoms with E-state index in [-0.39, 0.29) is 23.7 Å². The summed E-state index contributed by atoms with van der Waals surface area (Å²) in [6, 6.07) is 17.3. The Bertz CT molecular complexity index is 1080. The zero-order valence-corrected chi connectivity index (χ0v) is 20.2. The standard InChI is InChI=1S/C22H15Br2ClFNO2S/c23-14-9-18(21(19(24)10-14)29-11-13-1-5-16(26)6-2-13)22-27(20(28)12-30-22)17-7-3-15(25)4-8-17/h1-10,22H,11-12H2/t22-/m0/s1. The molecule has 4 rings (SSSR count). The number of ether oxygens (including phenoxy) is 1. The molecule has 1 atom stereocenters. The summed E-state index contributed by atoms with van der Waals surface area (Å²) in [6.45, 7) is 0.278. The molecule has 1 saturated heterocycles. The molecular formula is C22H15Br2ClFNO2S. The first-order chi connectivity index (χ1) is 14.4. The van der Waals surface area contributed by atoms with Gasteiger partial charge < -0.3 is 4.74 Å². The van der Waals surface area contributed by atoms with E-state index in [1.807, 2.05) is 24.3 Å². The molecule has 0 bridgehead atoms. The van der Waals surface area contributed by atoms with Crippen LogP contribution in [0.15, 0.2) is 69.6 Å². The van der Waals surface area contributed by atoms with Crippen molar-refractivity contribution in [3.63, 3.8) is 0 Å². The third-order valence-corrected chi connectivity index (χ3v) is 7.07. The quantitative estimate of drug-likeness (QED) is 0.321. The van der Waals surface area contributed by atoms with Gasteiger partial charge in [0.15, 0.2) is 0 Å². The van der Waals surface area contributed by atoms with Crippen LogP contribution in [0.4, 0.5) is 10.1 Å². The maximum absolute atomic E-state index is 13.2. The molecule has 1 fully saturated rings. The number of anilines is 1. The second-order valence-corrected chi connectivity index (χ2v) is 9.90. The van der Waals surface area contributed by atoms with Gasteiger partial charge >= 0.3 is 0 Å². The van der Waals surface area contributed by atoms with Gasteiger partial charge in [-0.2, -0.15) is 0 Å². The number of hydrogen-bond acceptors (Lipinski definition) is 3. The van der Waals surface area contributed by atoms with Crippen molar-refractivity contribution in [2.75, 3.05) is 10.7 Å². The Morgan fingerprint density at radius 1 is 1.10 bits per heavy atom. The monoisotopic (exact) mass is 569 g/mol. The zero-order chi connectivity index (χ0) is 21.3. The molecule has 0 saturated carbocycles. The normalized spacial score (nSPS) is 16.2. The van der Waals surface area contributed by atoms with Crippen molar-refractivity contribution in [3.05, 3.63) is 91.6 Å². The third-order valence-electron chi connectivity index (χ3n) is 4.57. The van der Waals surface area contributed by atoms with Gasteiger partial charge in [0.05, 0.1) is 10.2 Å². The summed E-state index contributed by atoms with van der Waals surface area (Å²) in [4.78, 5) is 14.5. The minimum atomic E-state index is -0.288. The minimum Gasteiger partial charge on any atom is -0.487 e. The Morgan fingerprint density at radius 3 is 2.50 bits per heavy atom. The van der Waals surface area contributed by atoms with Gasteiger partial charge in [0, 0.05) is 20.7 Å². The second-order valence-electron chi connectivity index (χ2n) is 6.62. The van der Waals surface area contributed by atoms with Crippen LogP contribution in [0.5, 0.6) is 5.75 Å². The van der Waals surface area contributed by atoms with Crippen LogP contribution < -0.4 is 9.64 Å². The number of benzene rings is 3. The molecule has 1 amide bonds. The van der Waals surface area contributed by atoms with Crippen LogP contribution in [0.25, 0.3) is 0 Å². The Balaban J connectivity index is 1.69. The molecule has 154 valence electrons. The summed E-state index contributed by atoms with van der Waals surface area (Å²) >= 11 is 14.7. The van der Waals surface area contributed by atoms with E-state index in [1.165, 1.54) is 23.9 Å². The number of carbonyl (C=O) groups excluding carboxylic acids is 1. The third kappa shape index (κ3) is 4.69. The van der Waals surface area contributed by atoms with E-state index in [9.17, 15) is 9.18 Å². The molecule has 0 N–H and O–H groups in total. The smallest absolute Gasteiger partial charge is 0.238 e. The highest BCUT2D eigenvalue weighted by atomic mass is 79.9. The van der Waals surface area contributed by atoms with Crippen LogP contribution in [-0.2, 0) is 11.4 Å². The lowest BCUT2D eigenvalue weighted by Crippen LogP contribution is -2.28. The van der Waals surface area contributed by atoms with E-state index < -0.39 is 0 Å². The average molecular weight is 572 g/mol. The van der Waals surface area contributed by atoms with Crippen LogP contribution in [0, 0.1) is 5.82 Å². The molecule has 0 spiro atoms. The fraction of sp³-hybridized carbons (Fsp3) is 0.136. The highest BCUT2D eigenvalue weighted by molar-refractivity contribution is 9.11. The second kappa shape index (κ2) is 9.30. The van der Waals surface area contributed by atoms with Crippen molar-refractivity contribution in [1.29, 1.82) is 0 Å². The van der Waals surface area contributed by atoms with Crippen LogP contribution in [0.2, 0.25) is 5.02 Å². The fourth-order valence-corrected chi connectivity index (χ4v) is 5.87. The highest BCUT2D eigenvalue weighted by Gasteiger charge is 2.36.